The zero-order chi connectivity index (χ0) is 17.1. The van der Waals surface area contributed by atoms with E-state index in [1.165, 1.54) is 0 Å². The van der Waals surface area contributed by atoms with E-state index in [2.05, 4.69) is 10.2 Å². The number of nitrogen functional groups attached to an aromatic ring is 1. The molecule has 2 aliphatic rings. The molecule has 2 amide bonds. The number of piperazine rings is 1. The molecule has 3 rings (SSSR count). The second-order valence-corrected chi connectivity index (χ2v) is 6.79. The molecule has 1 heterocycles. The van der Waals surface area contributed by atoms with Crippen molar-refractivity contribution in [1.82, 2.24) is 15.1 Å². The Labute approximate surface area is 167 Å². The number of benzene rings is 1. The first-order valence-electron chi connectivity index (χ1n) is 8.69. The van der Waals surface area contributed by atoms with Crippen LogP contribution in [0.2, 0.25) is 0 Å². The van der Waals surface area contributed by atoms with E-state index >= 15 is 0 Å². The lowest BCUT2D eigenvalue weighted by Crippen LogP contribution is -2.55. The van der Waals surface area contributed by atoms with Gasteiger partial charge in [0.2, 0.25) is 11.8 Å². The summed E-state index contributed by atoms with van der Waals surface area (Å²) in [5.41, 5.74) is 7.36. The molecule has 26 heavy (non-hydrogen) atoms. The maximum Gasteiger partial charge on any atom is 0.237 e. The highest BCUT2D eigenvalue weighted by Gasteiger charge is 2.30. The van der Waals surface area contributed by atoms with E-state index in [4.69, 9.17) is 5.73 Å². The Bertz CT molecular complexity index is 600. The standard InChI is InChI=1S/C18H26N4O2.2ClH/c1-13(18(24)20-16-6-7-16)21-8-10-22(11-9-21)17(23)12-14-2-4-15(19)5-3-14;;/h2-5,13,16H,6-12,19H2,1H3,(H,20,24);2*1H. The predicted molar refractivity (Wildman–Crippen MR) is 108 cm³/mol. The average Bonchev–Trinajstić information content (AvgIpc) is 3.40. The van der Waals surface area contributed by atoms with Crippen molar-refractivity contribution in [2.24, 2.45) is 0 Å². The molecule has 0 aromatic heterocycles. The number of anilines is 1. The minimum Gasteiger partial charge on any atom is -0.399 e. The smallest absolute Gasteiger partial charge is 0.237 e. The molecule has 1 aromatic carbocycles. The van der Waals surface area contributed by atoms with Gasteiger partial charge in [0.25, 0.3) is 0 Å². The maximum atomic E-state index is 12.4. The third kappa shape index (κ3) is 6.04. The van der Waals surface area contributed by atoms with Crippen molar-refractivity contribution < 1.29 is 9.59 Å². The second-order valence-electron chi connectivity index (χ2n) is 6.79. The van der Waals surface area contributed by atoms with Crippen LogP contribution in [0.1, 0.15) is 25.3 Å². The van der Waals surface area contributed by atoms with Crippen molar-refractivity contribution >= 4 is 42.3 Å². The molecule has 1 atom stereocenters. The number of rotatable bonds is 5. The number of carbonyl (C=O) groups is 2. The van der Waals surface area contributed by atoms with Gasteiger partial charge in [-0.2, -0.15) is 0 Å². The summed E-state index contributed by atoms with van der Waals surface area (Å²) in [7, 11) is 0. The van der Waals surface area contributed by atoms with Crippen molar-refractivity contribution in [2.45, 2.75) is 38.3 Å². The molecule has 1 aliphatic heterocycles. The molecule has 0 spiro atoms. The van der Waals surface area contributed by atoms with E-state index in [9.17, 15) is 9.59 Å². The molecule has 1 saturated carbocycles. The van der Waals surface area contributed by atoms with Crippen molar-refractivity contribution in [2.75, 3.05) is 31.9 Å². The quantitative estimate of drug-likeness (QED) is 0.730. The Morgan fingerprint density at radius 2 is 1.69 bits per heavy atom. The molecule has 1 unspecified atom stereocenters. The number of amides is 2. The number of nitrogens with one attached hydrogen (secondary N) is 1. The van der Waals surface area contributed by atoms with Crippen LogP contribution in [0.4, 0.5) is 5.69 Å². The zero-order valence-corrected chi connectivity index (χ0v) is 16.7. The highest BCUT2D eigenvalue weighted by atomic mass is 35.5. The monoisotopic (exact) mass is 402 g/mol. The number of halogens is 2. The largest absolute Gasteiger partial charge is 0.399 e. The summed E-state index contributed by atoms with van der Waals surface area (Å²) in [4.78, 5) is 28.6. The molecule has 2 fully saturated rings. The molecular weight excluding hydrogens is 375 g/mol. The molecule has 146 valence electrons. The van der Waals surface area contributed by atoms with Crippen molar-refractivity contribution in [1.29, 1.82) is 0 Å². The second kappa shape index (κ2) is 10.00. The molecule has 3 N–H and O–H groups in total. The van der Waals surface area contributed by atoms with Gasteiger partial charge in [-0.15, -0.1) is 24.8 Å². The van der Waals surface area contributed by atoms with Gasteiger partial charge < -0.3 is 16.0 Å². The van der Waals surface area contributed by atoms with Gasteiger partial charge in [0.15, 0.2) is 0 Å². The Morgan fingerprint density at radius 3 is 2.23 bits per heavy atom. The van der Waals surface area contributed by atoms with Crippen LogP contribution in [0, 0.1) is 0 Å². The third-order valence-electron chi connectivity index (χ3n) is 4.85. The van der Waals surface area contributed by atoms with Gasteiger partial charge in [-0.3, -0.25) is 14.5 Å². The fraction of sp³-hybridized carbons (Fsp3) is 0.556. The number of hydrogen-bond acceptors (Lipinski definition) is 4. The van der Waals surface area contributed by atoms with Crippen LogP contribution in [-0.4, -0.2) is 59.9 Å². The minimum atomic E-state index is -0.125. The molecule has 8 heteroatoms. The van der Waals surface area contributed by atoms with Gasteiger partial charge >= 0.3 is 0 Å². The first-order valence-corrected chi connectivity index (χ1v) is 8.69. The van der Waals surface area contributed by atoms with Crippen molar-refractivity contribution in [3.05, 3.63) is 29.8 Å². The Hall–Kier alpha value is -1.50. The van der Waals surface area contributed by atoms with Crippen LogP contribution in [0.15, 0.2) is 24.3 Å². The van der Waals surface area contributed by atoms with Crippen LogP contribution in [0.5, 0.6) is 0 Å². The Balaban J connectivity index is 0.00000169. The highest BCUT2D eigenvalue weighted by molar-refractivity contribution is 5.85. The molecule has 1 aromatic rings. The third-order valence-corrected chi connectivity index (χ3v) is 4.85. The van der Waals surface area contributed by atoms with Gasteiger partial charge in [-0.1, -0.05) is 12.1 Å². The SMILES string of the molecule is CC(C(=O)NC1CC1)N1CCN(C(=O)Cc2ccc(N)cc2)CC1.Cl.Cl. The van der Waals surface area contributed by atoms with Gasteiger partial charge in [-0.05, 0) is 37.5 Å². The van der Waals surface area contributed by atoms with E-state index in [0.717, 1.165) is 31.5 Å². The van der Waals surface area contributed by atoms with Gasteiger partial charge in [0.1, 0.15) is 0 Å². The molecule has 0 bridgehead atoms. The summed E-state index contributed by atoms with van der Waals surface area (Å²) in [6.45, 7) is 4.78. The summed E-state index contributed by atoms with van der Waals surface area (Å²) in [5, 5.41) is 3.05. The topological polar surface area (TPSA) is 78.7 Å². The van der Waals surface area contributed by atoms with E-state index in [0.29, 0.717) is 31.2 Å². The van der Waals surface area contributed by atoms with E-state index in [-0.39, 0.29) is 42.7 Å². The zero-order valence-electron chi connectivity index (χ0n) is 15.0. The summed E-state index contributed by atoms with van der Waals surface area (Å²) in [6.07, 6.45) is 2.61. The molecule has 0 radical (unpaired) electrons. The first-order chi connectivity index (χ1) is 11.5. The summed E-state index contributed by atoms with van der Waals surface area (Å²) in [5.74, 6) is 0.244. The van der Waals surface area contributed by atoms with E-state index in [1.54, 1.807) is 0 Å². The molecule has 1 aliphatic carbocycles. The Kier molecular flexibility index (Phi) is 8.67. The van der Waals surface area contributed by atoms with Gasteiger partial charge in [-0.25, -0.2) is 0 Å². The normalized spacial score (nSPS) is 18.3. The van der Waals surface area contributed by atoms with Crippen LogP contribution in [-0.2, 0) is 16.0 Å². The molecule has 6 nitrogen and oxygen atoms in total. The summed E-state index contributed by atoms with van der Waals surface area (Å²) >= 11 is 0. The Morgan fingerprint density at radius 1 is 1.12 bits per heavy atom. The summed E-state index contributed by atoms with van der Waals surface area (Å²) < 4.78 is 0. The first kappa shape index (κ1) is 22.5. The summed E-state index contributed by atoms with van der Waals surface area (Å²) in [6, 6.07) is 7.70. The maximum absolute atomic E-state index is 12.4. The van der Waals surface area contributed by atoms with Gasteiger partial charge in [0.05, 0.1) is 12.5 Å². The predicted octanol–water partition coefficient (Wildman–Crippen LogP) is 1.47. The number of hydrogen-bond donors (Lipinski definition) is 2. The highest BCUT2D eigenvalue weighted by Crippen LogP contribution is 2.19. The fourth-order valence-corrected chi connectivity index (χ4v) is 3.00. The average molecular weight is 403 g/mol. The number of carbonyl (C=O) groups excluding carboxylic acids is 2. The minimum absolute atomic E-state index is 0. The van der Waals surface area contributed by atoms with Crippen molar-refractivity contribution in [3.8, 4) is 0 Å². The van der Waals surface area contributed by atoms with Crippen LogP contribution in [0.25, 0.3) is 0 Å². The van der Waals surface area contributed by atoms with Crippen LogP contribution in [0.3, 0.4) is 0 Å². The van der Waals surface area contributed by atoms with Crippen LogP contribution >= 0.6 is 24.8 Å². The lowest BCUT2D eigenvalue weighted by atomic mass is 10.1. The van der Waals surface area contributed by atoms with Crippen LogP contribution < -0.4 is 11.1 Å². The van der Waals surface area contributed by atoms with Gasteiger partial charge in [0, 0.05) is 37.9 Å². The van der Waals surface area contributed by atoms with Crippen molar-refractivity contribution in [3.63, 3.8) is 0 Å². The molecule has 1 saturated heterocycles. The number of nitrogens with zero attached hydrogens (tertiary/aromatic N) is 2. The van der Waals surface area contributed by atoms with E-state index < -0.39 is 0 Å². The number of nitrogens with two attached hydrogens (primary N) is 1. The molecular formula is C18H28Cl2N4O2. The fourth-order valence-electron chi connectivity index (χ4n) is 3.00. The lowest BCUT2D eigenvalue weighted by molar-refractivity contribution is -0.133. The lowest BCUT2D eigenvalue weighted by Gasteiger charge is -2.37. The van der Waals surface area contributed by atoms with E-state index in [1.807, 2.05) is 36.1 Å².